The highest BCUT2D eigenvalue weighted by Gasteiger charge is 2.48. The predicted octanol–water partition coefficient (Wildman–Crippen LogP) is 3.52. The zero-order valence-electron chi connectivity index (χ0n) is 9.89. The van der Waals surface area contributed by atoms with Gasteiger partial charge in [0.15, 0.2) is 0 Å². The Balaban J connectivity index is 2.27. The summed E-state index contributed by atoms with van der Waals surface area (Å²) in [4.78, 5) is 5.19. The first-order chi connectivity index (χ1) is 7.45. The molecule has 0 aliphatic carbocycles. The fraction of sp³-hybridized carbons (Fsp3) is 1.00. The van der Waals surface area contributed by atoms with Gasteiger partial charge in [0.05, 0.1) is 6.10 Å². The molecule has 0 bridgehead atoms. The number of hydrogen-bond donors (Lipinski definition) is 0. The van der Waals surface area contributed by atoms with Gasteiger partial charge in [-0.25, -0.2) is 0 Å². The quantitative estimate of drug-likeness (QED) is 0.680. The van der Waals surface area contributed by atoms with Crippen LogP contribution in [0.2, 0.25) is 0 Å². The zero-order valence-corrected chi connectivity index (χ0v) is 9.89. The molecule has 1 heterocycles. The van der Waals surface area contributed by atoms with E-state index in [9.17, 15) is 13.2 Å². The van der Waals surface area contributed by atoms with Crippen LogP contribution in [0.1, 0.15) is 45.4 Å². The molecule has 2 nitrogen and oxygen atoms in total. The molecule has 0 aromatic rings. The van der Waals surface area contributed by atoms with Gasteiger partial charge < -0.3 is 0 Å². The minimum Gasteiger partial charge on any atom is -0.295 e. The van der Waals surface area contributed by atoms with E-state index in [4.69, 9.17) is 4.84 Å². The molecular formula is C11H20F3NO. The van der Waals surface area contributed by atoms with Crippen LogP contribution in [-0.4, -0.2) is 30.4 Å². The molecule has 1 fully saturated rings. The maximum atomic E-state index is 12.5. The molecular weight excluding hydrogens is 219 g/mol. The summed E-state index contributed by atoms with van der Waals surface area (Å²) in [6.07, 6.45) is 0.694. The SMILES string of the molecule is CCCCCC[C@H]1C[C@@H](C(F)(F)F)N(C)O1. The molecule has 0 spiro atoms. The van der Waals surface area contributed by atoms with Crippen LogP contribution in [-0.2, 0) is 4.84 Å². The third kappa shape index (κ3) is 3.94. The van der Waals surface area contributed by atoms with Crippen LogP contribution < -0.4 is 0 Å². The van der Waals surface area contributed by atoms with Crippen LogP contribution in [0.25, 0.3) is 0 Å². The van der Waals surface area contributed by atoms with E-state index in [1.165, 1.54) is 7.05 Å². The molecule has 0 aromatic carbocycles. The maximum absolute atomic E-state index is 12.5. The highest BCUT2D eigenvalue weighted by atomic mass is 19.4. The van der Waals surface area contributed by atoms with Crippen molar-refractivity contribution in [3.05, 3.63) is 0 Å². The lowest BCUT2D eigenvalue weighted by Gasteiger charge is -2.19. The second-order valence-corrected chi connectivity index (χ2v) is 4.42. The van der Waals surface area contributed by atoms with Crippen LogP contribution in [0.4, 0.5) is 13.2 Å². The third-order valence-electron chi connectivity index (χ3n) is 3.00. The molecule has 1 aliphatic rings. The van der Waals surface area contributed by atoms with Crippen LogP contribution in [0.15, 0.2) is 0 Å². The molecule has 0 amide bonds. The first-order valence-electron chi connectivity index (χ1n) is 5.91. The van der Waals surface area contributed by atoms with Crippen molar-refractivity contribution in [2.75, 3.05) is 7.05 Å². The first kappa shape index (κ1) is 13.8. The summed E-state index contributed by atoms with van der Waals surface area (Å²) in [6, 6.07) is -1.43. The number of hydrogen-bond acceptors (Lipinski definition) is 2. The number of rotatable bonds is 5. The van der Waals surface area contributed by atoms with Crippen molar-refractivity contribution in [3.8, 4) is 0 Å². The van der Waals surface area contributed by atoms with Crippen molar-refractivity contribution < 1.29 is 18.0 Å². The molecule has 0 unspecified atom stereocenters. The molecule has 1 rings (SSSR count). The van der Waals surface area contributed by atoms with E-state index < -0.39 is 12.2 Å². The number of hydroxylamine groups is 2. The summed E-state index contributed by atoms with van der Waals surface area (Å²) in [5.41, 5.74) is 0. The van der Waals surface area contributed by atoms with Gasteiger partial charge in [-0.3, -0.25) is 4.84 Å². The van der Waals surface area contributed by atoms with E-state index in [2.05, 4.69) is 6.92 Å². The van der Waals surface area contributed by atoms with Crippen molar-refractivity contribution in [2.45, 2.75) is 63.8 Å². The normalized spacial score (nSPS) is 27.6. The topological polar surface area (TPSA) is 12.5 Å². The van der Waals surface area contributed by atoms with Crippen molar-refractivity contribution in [2.24, 2.45) is 0 Å². The molecule has 2 atom stereocenters. The number of halogens is 3. The first-order valence-corrected chi connectivity index (χ1v) is 5.91. The van der Waals surface area contributed by atoms with Gasteiger partial charge in [0.2, 0.25) is 0 Å². The molecule has 0 saturated carbocycles. The molecule has 16 heavy (non-hydrogen) atoms. The Morgan fingerprint density at radius 2 is 1.94 bits per heavy atom. The van der Waals surface area contributed by atoms with E-state index >= 15 is 0 Å². The predicted molar refractivity (Wildman–Crippen MR) is 55.9 cm³/mol. The van der Waals surface area contributed by atoms with Gasteiger partial charge in [-0.2, -0.15) is 18.2 Å². The fourth-order valence-electron chi connectivity index (χ4n) is 2.06. The largest absolute Gasteiger partial charge is 0.406 e. The molecule has 0 radical (unpaired) electrons. The third-order valence-corrected chi connectivity index (χ3v) is 3.00. The summed E-state index contributed by atoms with van der Waals surface area (Å²) in [6.45, 7) is 2.11. The van der Waals surface area contributed by atoms with Gasteiger partial charge in [0.25, 0.3) is 0 Å². The second-order valence-electron chi connectivity index (χ2n) is 4.42. The van der Waals surface area contributed by atoms with Crippen molar-refractivity contribution in [3.63, 3.8) is 0 Å². The van der Waals surface area contributed by atoms with Crippen molar-refractivity contribution in [1.82, 2.24) is 5.06 Å². The van der Waals surface area contributed by atoms with Crippen molar-refractivity contribution >= 4 is 0 Å². The summed E-state index contributed by atoms with van der Waals surface area (Å²) in [5, 5.41) is 0.963. The Morgan fingerprint density at radius 1 is 1.25 bits per heavy atom. The Bertz CT molecular complexity index is 208. The monoisotopic (exact) mass is 239 g/mol. The van der Waals surface area contributed by atoms with Gasteiger partial charge in [-0.1, -0.05) is 32.6 Å². The lowest BCUT2D eigenvalue weighted by molar-refractivity contribution is -0.232. The Morgan fingerprint density at radius 3 is 2.44 bits per heavy atom. The van der Waals surface area contributed by atoms with Gasteiger partial charge in [0.1, 0.15) is 6.04 Å². The van der Waals surface area contributed by atoms with E-state index in [-0.39, 0.29) is 12.5 Å². The molecule has 0 N–H and O–H groups in total. The highest BCUT2D eigenvalue weighted by Crippen LogP contribution is 2.34. The molecule has 0 aromatic heterocycles. The van der Waals surface area contributed by atoms with E-state index in [1.807, 2.05) is 0 Å². The Hall–Kier alpha value is -0.290. The van der Waals surface area contributed by atoms with Gasteiger partial charge in [-0.05, 0) is 6.42 Å². The Kier molecular flexibility index (Phi) is 5.05. The van der Waals surface area contributed by atoms with Crippen LogP contribution >= 0.6 is 0 Å². The van der Waals surface area contributed by atoms with Gasteiger partial charge >= 0.3 is 6.18 Å². The molecule has 5 heteroatoms. The zero-order chi connectivity index (χ0) is 12.2. The summed E-state index contributed by atoms with van der Waals surface area (Å²) >= 11 is 0. The number of nitrogens with zero attached hydrogens (tertiary/aromatic N) is 1. The molecule has 1 aliphatic heterocycles. The number of alkyl halides is 3. The van der Waals surface area contributed by atoms with Crippen LogP contribution in [0.5, 0.6) is 0 Å². The van der Waals surface area contributed by atoms with Crippen LogP contribution in [0, 0.1) is 0 Å². The molecule has 96 valence electrons. The lowest BCUT2D eigenvalue weighted by Crippen LogP contribution is -2.37. The maximum Gasteiger partial charge on any atom is 0.406 e. The standard InChI is InChI=1S/C11H20F3NO/c1-3-4-5-6-7-9-8-10(11(12,13)14)15(2)16-9/h9-10H,3-8H2,1-2H3/t9-,10-/m0/s1. The highest BCUT2D eigenvalue weighted by molar-refractivity contribution is 4.82. The van der Waals surface area contributed by atoms with E-state index in [0.717, 1.165) is 37.2 Å². The summed E-state index contributed by atoms with van der Waals surface area (Å²) in [7, 11) is 1.37. The Labute approximate surface area is 94.7 Å². The fourth-order valence-corrected chi connectivity index (χ4v) is 2.06. The average molecular weight is 239 g/mol. The minimum absolute atomic E-state index is 0.0755. The average Bonchev–Trinajstić information content (AvgIpc) is 2.54. The summed E-state index contributed by atoms with van der Waals surface area (Å²) < 4.78 is 37.5. The van der Waals surface area contributed by atoms with Gasteiger partial charge in [-0.15, -0.1) is 0 Å². The van der Waals surface area contributed by atoms with Crippen molar-refractivity contribution in [1.29, 1.82) is 0 Å². The molecule has 1 saturated heterocycles. The smallest absolute Gasteiger partial charge is 0.295 e. The van der Waals surface area contributed by atoms with Crippen LogP contribution in [0.3, 0.4) is 0 Å². The van der Waals surface area contributed by atoms with Gasteiger partial charge in [0, 0.05) is 13.5 Å². The lowest BCUT2D eigenvalue weighted by atomic mass is 10.0. The second kappa shape index (κ2) is 5.87. The van der Waals surface area contributed by atoms with E-state index in [0.29, 0.717) is 0 Å². The summed E-state index contributed by atoms with van der Waals surface area (Å²) in [5.74, 6) is 0. The van der Waals surface area contributed by atoms with E-state index in [1.54, 1.807) is 0 Å². The minimum atomic E-state index is -4.17. The number of unbranched alkanes of at least 4 members (excludes halogenated alkanes) is 3.